The topological polar surface area (TPSA) is 71.0 Å². The Balaban J connectivity index is 2.35. The van der Waals surface area contributed by atoms with Crippen LogP contribution < -0.4 is 5.32 Å². The highest BCUT2D eigenvalue weighted by molar-refractivity contribution is 5.68. The lowest BCUT2D eigenvalue weighted by molar-refractivity contribution is 0.0270. The zero-order valence-electron chi connectivity index (χ0n) is 12.3. The Morgan fingerprint density at radius 1 is 1.42 bits per heavy atom. The summed E-state index contributed by atoms with van der Waals surface area (Å²) >= 11 is 0. The van der Waals surface area contributed by atoms with Gasteiger partial charge in [-0.2, -0.15) is 0 Å². The van der Waals surface area contributed by atoms with Gasteiger partial charge >= 0.3 is 6.09 Å². The van der Waals surface area contributed by atoms with Crippen LogP contribution >= 0.6 is 0 Å². The zero-order chi connectivity index (χ0) is 14.5. The Bertz CT molecular complexity index is 291. The van der Waals surface area contributed by atoms with Crippen molar-refractivity contribution in [1.82, 2.24) is 10.2 Å². The Kier molecular flexibility index (Phi) is 6.03. The van der Waals surface area contributed by atoms with E-state index in [1.54, 1.807) is 12.0 Å². The summed E-state index contributed by atoms with van der Waals surface area (Å²) in [4.78, 5) is 13.4. The zero-order valence-corrected chi connectivity index (χ0v) is 12.3. The molecule has 6 heteroatoms. The fraction of sp³-hybridized carbons (Fsp3) is 0.923. The standard InChI is InChI=1S/C13H26N2O4/c1-13(2,3)19-12(17)15-8-10(11(16)9-15)14-6-5-7-18-4/h10-11,14,16H,5-9H2,1-4H3/t10-,11-/m1/s1. The van der Waals surface area contributed by atoms with E-state index >= 15 is 0 Å². The average molecular weight is 274 g/mol. The number of amides is 1. The van der Waals surface area contributed by atoms with Crippen molar-refractivity contribution < 1.29 is 19.4 Å². The van der Waals surface area contributed by atoms with Gasteiger partial charge in [0.05, 0.1) is 18.7 Å². The average Bonchev–Trinajstić information content (AvgIpc) is 2.64. The van der Waals surface area contributed by atoms with E-state index in [0.717, 1.165) is 13.0 Å². The van der Waals surface area contributed by atoms with Crippen molar-refractivity contribution in [3.05, 3.63) is 0 Å². The van der Waals surface area contributed by atoms with Crippen molar-refractivity contribution in [2.45, 2.75) is 44.9 Å². The van der Waals surface area contributed by atoms with Crippen molar-refractivity contribution in [1.29, 1.82) is 0 Å². The third-order valence-corrected chi connectivity index (χ3v) is 2.87. The molecule has 6 nitrogen and oxygen atoms in total. The fourth-order valence-electron chi connectivity index (χ4n) is 1.97. The van der Waals surface area contributed by atoms with E-state index in [9.17, 15) is 9.90 Å². The SMILES string of the molecule is COCCCN[C@@H]1CN(C(=O)OC(C)(C)C)C[C@H]1O. The summed E-state index contributed by atoms with van der Waals surface area (Å²) in [5, 5.41) is 13.2. The van der Waals surface area contributed by atoms with E-state index in [1.165, 1.54) is 0 Å². The Hall–Kier alpha value is -0.850. The van der Waals surface area contributed by atoms with Crippen LogP contribution in [0.5, 0.6) is 0 Å². The first-order valence-electron chi connectivity index (χ1n) is 6.72. The van der Waals surface area contributed by atoms with Gasteiger partial charge in [0.25, 0.3) is 0 Å². The van der Waals surface area contributed by atoms with Crippen molar-refractivity contribution in [3.63, 3.8) is 0 Å². The van der Waals surface area contributed by atoms with Crippen LogP contribution in [-0.4, -0.2) is 67.2 Å². The van der Waals surface area contributed by atoms with E-state index in [1.807, 2.05) is 20.8 Å². The van der Waals surface area contributed by atoms with Gasteiger partial charge in [0, 0.05) is 20.3 Å². The number of methoxy groups -OCH3 is 1. The molecule has 1 rings (SSSR count). The number of carbonyl (C=O) groups is 1. The van der Waals surface area contributed by atoms with Gasteiger partial charge in [-0.3, -0.25) is 0 Å². The molecule has 0 aromatic rings. The Morgan fingerprint density at radius 2 is 2.11 bits per heavy atom. The van der Waals surface area contributed by atoms with Crippen LogP contribution in [0.1, 0.15) is 27.2 Å². The van der Waals surface area contributed by atoms with Gasteiger partial charge in [0.2, 0.25) is 0 Å². The summed E-state index contributed by atoms with van der Waals surface area (Å²) in [6.07, 6.45) is -0.0330. The highest BCUT2D eigenvalue weighted by Crippen LogP contribution is 2.15. The summed E-state index contributed by atoms with van der Waals surface area (Å²) in [7, 11) is 1.66. The molecule has 0 aromatic heterocycles. The van der Waals surface area contributed by atoms with Crippen molar-refractivity contribution in [2.24, 2.45) is 0 Å². The predicted molar refractivity (Wildman–Crippen MR) is 72.1 cm³/mol. The summed E-state index contributed by atoms with van der Waals surface area (Å²) in [5.41, 5.74) is -0.508. The van der Waals surface area contributed by atoms with Crippen LogP contribution in [0, 0.1) is 0 Å². The molecule has 0 unspecified atom stereocenters. The minimum absolute atomic E-state index is 0.0932. The lowest BCUT2D eigenvalue weighted by atomic mass is 10.2. The molecule has 2 atom stereocenters. The number of ether oxygens (including phenoxy) is 2. The molecule has 0 aromatic carbocycles. The molecular formula is C13H26N2O4. The molecule has 2 N–H and O–H groups in total. The van der Waals surface area contributed by atoms with Gasteiger partial charge in [-0.25, -0.2) is 4.79 Å². The van der Waals surface area contributed by atoms with E-state index in [2.05, 4.69) is 5.32 Å². The first-order chi connectivity index (χ1) is 8.83. The summed E-state index contributed by atoms with van der Waals surface area (Å²) < 4.78 is 10.2. The number of β-amino-alcohol motifs (C(OH)–C–C–N with tert-alkyl or cyclic N) is 1. The quantitative estimate of drug-likeness (QED) is 0.718. The summed E-state index contributed by atoms with van der Waals surface area (Å²) in [6.45, 7) is 7.73. The molecule has 1 aliphatic heterocycles. The minimum Gasteiger partial charge on any atom is -0.444 e. The second-order valence-corrected chi connectivity index (χ2v) is 5.86. The normalized spacial score (nSPS) is 23.7. The van der Waals surface area contributed by atoms with Crippen LogP contribution in [0.25, 0.3) is 0 Å². The van der Waals surface area contributed by atoms with Crippen LogP contribution in [0.4, 0.5) is 4.79 Å². The number of carbonyl (C=O) groups excluding carboxylic acids is 1. The highest BCUT2D eigenvalue weighted by atomic mass is 16.6. The first-order valence-corrected chi connectivity index (χ1v) is 6.72. The number of likely N-dealkylation sites (tertiary alicyclic amines) is 1. The summed E-state index contributed by atoms with van der Waals surface area (Å²) in [5.74, 6) is 0. The van der Waals surface area contributed by atoms with Gasteiger partial charge in [-0.1, -0.05) is 0 Å². The molecule has 0 aliphatic carbocycles. The maximum Gasteiger partial charge on any atom is 0.410 e. The number of aliphatic hydroxyl groups is 1. The van der Waals surface area contributed by atoms with Gasteiger partial charge < -0.3 is 24.8 Å². The molecule has 1 amide bonds. The summed E-state index contributed by atoms with van der Waals surface area (Å²) in [6, 6.07) is -0.0932. The molecular weight excluding hydrogens is 248 g/mol. The van der Waals surface area contributed by atoms with E-state index in [-0.39, 0.29) is 12.1 Å². The number of hydrogen-bond donors (Lipinski definition) is 2. The lowest BCUT2D eigenvalue weighted by Gasteiger charge is -2.24. The lowest BCUT2D eigenvalue weighted by Crippen LogP contribution is -2.40. The third kappa shape index (κ3) is 5.76. The predicted octanol–water partition coefficient (Wildman–Crippen LogP) is 0.593. The molecule has 0 spiro atoms. The molecule has 1 saturated heterocycles. The minimum atomic E-state index is -0.546. The smallest absolute Gasteiger partial charge is 0.410 e. The fourth-order valence-corrected chi connectivity index (χ4v) is 1.97. The number of nitrogens with zero attached hydrogens (tertiary/aromatic N) is 1. The molecule has 0 radical (unpaired) electrons. The van der Waals surface area contributed by atoms with E-state index in [4.69, 9.17) is 9.47 Å². The number of hydrogen-bond acceptors (Lipinski definition) is 5. The van der Waals surface area contributed by atoms with E-state index < -0.39 is 11.7 Å². The van der Waals surface area contributed by atoms with E-state index in [0.29, 0.717) is 19.7 Å². The third-order valence-electron chi connectivity index (χ3n) is 2.87. The van der Waals surface area contributed by atoms with Gasteiger partial charge in [0.15, 0.2) is 0 Å². The van der Waals surface area contributed by atoms with Crippen LogP contribution in [0.15, 0.2) is 0 Å². The Morgan fingerprint density at radius 3 is 2.68 bits per heavy atom. The van der Waals surface area contributed by atoms with Crippen molar-refractivity contribution >= 4 is 6.09 Å². The second kappa shape index (κ2) is 7.07. The van der Waals surface area contributed by atoms with Gasteiger partial charge in [0.1, 0.15) is 5.60 Å². The molecule has 0 saturated carbocycles. The highest BCUT2D eigenvalue weighted by Gasteiger charge is 2.35. The molecule has 1 heterocycles. The molecule has 1 aliphatic rings. The van der Waals surface area contributed by atoms with Gasteiger partial charge in [-0.15, -0.1) is 0 Å². The van der Waals surface area contributed by atoms with Gasteiger partial charge in [-0.05, 0) is 33.7 Å². The van der Waals surface area contributed by atoms with Crippen LogP contribution in [-0.2, 0) is 9.47 Å². The van der Waals surface area contributed by atoms with Crippen LogP contribution in [0.2, 0.25) is 0 Å². The number of nitrogens with one attached hydrogen (secondary N) is 1. The molecule has 0 bridgehead atoms. The maximum absolute atomic E-state index is 11.9. The second-order valence-electron chi connectivity index (χ2n) is 5.86. The van der Waals surface area contributed by atoms with Crippen molar-refractivity contribution in [2.75, 3.05) is 33.4 Å². The molecule has 112 valence electrons. The Labute approximate surface area is 115 Å². The number of rotatable bonds is 5. The van der Waals surface area contributed by atoms with Crippen LogP contribution in [0.3, 0.4) is 0 Å². The first kappa shape index (κ1) is 16.2. The monoisotopic (exact) mass is 274 g/mol. The number of aliphatic hydroxyl groups excluding tert-OH is 1. The molecule has 19 heavy (non-hydrogen) atoms. The molecule has 1 fully saturated rings. The largest absolute Gasteiger partial charge is 0.444 e. The maximum atomic E-state index is 11.9. The van der Waals surface area contributed by atoms with Crippen molar-refractivity contribution in [3.8, 4) is 0 Å².